The number of benzene rings is 2. The van der Waals surface area contributed by atoms with Crippen LogP contribution in [-0.4, -0.2) is 5.91 Å². The lowest BCUT2D eigenvalue weighted by Crippen LogP contribution is -2.61. The van der Waals surface area contributed by atoms with Crippen molar-refractivity contribution < 1.29 is 4.79 Å². The van der Waals surface area contributed by atoms with Crippen LogP contribution in [0.2, 0.25) is 0 Å². The Morgan fingerprint density at radius 1 is 1.05 bits per heavy atom. The van der Waals surface area contributed by atoms with E-state index in [0.717, 1.165) is 11.3 Å². The summed E-state index contributed by atoms with van der Waals surface area (Å²) < 4.78 is 0. The molecule has 0 radical (unpaired) electrons. The van der Waals surface area contributed by atoms with Gasteiger partial charge in [-0.05, 0) is 24.6 Å². The highest BCUT2D eigenvalue weighted by Crippen LogP contribution is 2.52. The van der Waals surface area contributed by atoms with Gasteiger partial charge in [0.2, 0.25) is 5.91 Å². The Hall–Kier alpha value is -2.35. The lowest BCUT2D eigenvalue weighted by atomic mass is 9.69. The van der Waals surface area contributed by atoms with E-state index in [2.05, 4.69) is 18.7 Å². The number of β-lactam (4-membered cyclic amide) rings is 1. The maximum Gasteiger partial charge on any atom is 0.239 e. The Labute approximate surface area is 119 Å². The van der Waals surface area contributed by atoms with E-state index >= 15 is 0 Å². The molecule has 1 aliphatic heterocycles. The van der Waals surface area contributed by atoms with Gasteiger partial charge in [-0.15, -0.1) is 6.58 Å². The molecule has 0 bridgehead atoms. The summed E-state index contributed by atoms with van der Waals surface area (Å²) in [6, 6.07) is 19.9. The molecule has 0 N–H and O–H groups in total. The van der Waals surface area contributed by atoms with Crippen molar-refractivity contribution in [1.82, 2.24) is 0 Å². The molecule has 100 valence electrons. The second-order valence-electron chi connectivity index (χ2n) is 5.31. The van der Waals surface area contributed by atoms with E-state index in [-0.39, 0.29) is 11.9 Å². The Kier molecular flexibility index (Phi) is 2.94. The van der Waals surface area contributed by atoms with Crippen molar-refractivity contribution in [3.05, 3.63) is 78.9 Å². The first-order valence-electron chi connectivity index (χ1n) is 6.76. The third-order valence-electron chi connectivity index (χ3n) is 4.08. The van der Waals surface area contributed by atoms with Gasteiger partial charge in [-0.3, -0.25) is 4.79 Å². The van der Waals surface area contributed by atoms with Gasteiger partial charge in [-0.25, -0.2) is 0 Å². The number of carbonyl (C=O) groups is 1. The van der Waals surface area contributed by atoms with Crippen molar-refractivity contribution in [2.45, 2.75) is 13.0 Å². The first kappa shape index (κ1) is 12.7. The normalized spacial score (nSPS) is 25.1. The summed E-state index contributed by atoms with van der Waals surface area (Å²) in [6.07, 6.45) is 1.77. The fourth-order valence-electron chi connectivity index (χ4n) is 2.88. The number of amides is 1. The summed E-state index contributed by atoms with van der Waals surface area (Å²) in [7, 11) is 0. The average Bonchev–Trinajstić information content (AvgIpc) is 2.52. The van der Waals surface area contributed by atoms with Gasteiger partial charge in [-0.1, -0.05) is 54.6 Å². The Balaban J connectivity index is 2.07. The molecule has 2 aromatic carbocycles. The molecule has 2 aromatic rings. The van der Waals surface area contributed by atoms with E-state index < -0.39 is 5.41 Å². The maximum absolute atomic E-state index is 12.6. The van der Waals surface area contributed by atoms with E-state index in [9.17, 15) is 4.79 Å². The maximum atomic E-state index is 12.6. The molecule has 0 saturated carbocycles. The highest BCUT2D eigenvalue weighted by molar-refractivity contribution is 6.07. The molecule has 1 amide bonds. The Morgan fingerprint density at radius 3 is 2.15 bits per heavy atom. The molecule has 2 heteroatoms. The van der Waals surface area contributed by atoms with Crippen LogP contribution in [-0.2, 0) is 4.79 Å². The molecule has 20 heavy (non-hydrogen) atoms. The summed E-state index contributed by atoms with van der Waals surface area (Å²) >= 11 is 0. The summed E-state index contributed by atoms with van der Waals surface area (Å²) in [5.41, 5.74) is 1.54. The first-order valence-corrected chi connectivity index (χ1v) is 6.76. The van der Waals surface area contributed by atoms with Crippen LogP contribution in [0.5, 0.6) is 0 Å². The van der Waals surface area contributed by atoms with Gasteiger partial charge in [0.05, 0.1) is 11.5 Å². The lowest BCUT2D eigenvalue weighted by molar-refractivity contribution is -0.134. The number of hydrogen-bond donors (Lipinski definition) is 0. The van der Waals surface area contributed by atoms with Crippen LogP contribution < -0.4 is 4.90 Å². The number of carbonyl (C=O) groups excluding carboxylic acids is 1. The summed E-state index contributed by atoms with van der Waals surface area (Å²) in [6.45, 7) is 5.82. The molecule has 1 fully saturated rings. The molecule has 1 saturated heterocycles. The zero-order valence-electron chi connectivity index (χ0n) is 11.5. The Morgan fingerprint density at radius 2 is 1.60 bits per heavy atom. The van der Waals surface area contributed by atoms with Gasteiger partial charge in [0.1, 0.15) is 0 Å². The minimum atomic E-state index is -0.531. The van der Waals surface area contributed by atoms with Crippen molar-refractivity contribution >= 4 is 11.6 Å². The SMILES string of the molecule is C=C[C@@]1(C)C(=O)N(c2ccccc2)[C@H]1c1ccccc1. The molecule has 0 unspecified atom stereocenters. The fourth-order valence-corrected chi connectivity index (χ4v) is 2.88. The molecule has 2 nitrogen and oxygen atoms in total. The van der Waals surface area contributed by atoms with Crippen LogP contribution in [0.1, 0.15) is 18.5 Å². The largest absolute Gasteiger partial charge is 0.303 e. The zero-order valence-corrected chi connectivity index (χ0v) is 11.5. The molecule has 1 aliphatic rings. The molecule has 0 aromatic heterocycles. The molecular formula is C18H17NO. The molecule has 2 atom stereocenters. The van der Waals surface area contributed by atoms with Crippen LogP contribution in [0.25, 0.3) is 0 Å². The molecule has 1 heterocycles. The predicted molar refractivity (Wildman–Crippen MR) is 81.4 cm³/mol. The van der Waals surface area contributed by atoms with Gasteiger partial charge in [0, 0.05) is 5.69 Å². The third kappa shape index (κ3) is 1.68. The highest BCUT2D eigenvalue weighted by Gasteiger charge is 2.56. The zero-order chi connectivity index (χ0) is 14.2. The number of anilines is 1. The van der Waals surface area contributed by atoms with Crippen molar-refractivity contribution in [2.75, 3.05) is 4.90 Å². The van der Waals surface area contributed by atoms with Gasteiger partial charge >= 0.3 is 0 Å². The Bertz CT molecular complexity index is 635. The van der Waals surface area contributed by atoms with Crippen LogP contribution in [0, 0.1) is 5.41 Å². The van der Waals surface area contributed by atoms with Gasteiger partial charge in [0.15, 0.2) is 0 Å². The van der Waals surface area contributed by atoms with Gasteiger partial charge < -0.3 is 4.90 Å². The molecule has 0 aliphatic carbocycles. The molecule has 3 rings (SSSR count). The van der Waals surface area contributed by atoms with E-state index in [0.29, 0.717) is 0 Å². The second kappa shape index (κ2) is 4.64. The summed E-state index contributed by atoms with van der Waals surface area (Å²) in [5.74, 6) is 0.104. The number of rotatable bonds is 3. The monoisotopic (exact) mass is 263 g/mol. The number of hydrogen-bond acceptors (Lipinski definition) is 1. The lowest BCUT2D eigenvalue weighted by Gasteiger charge is -2.53. The average molecular weight is 263 g/mol. The molecule has 0 spiro atoms. The number of para-hydroxylation sites is 1. The second-order valence-corrected chi connectivity index (χ2v) is 5.31. The predicted octanol–water partition coefficient (Wildman–Crippen LogP) is 3.97. The van der Waals surface area contributed by atoms with Crippen LogP contribution in [0.15, 0.2) is 73.3 Å². The van der Waals surface area contributed by atoms with Crippen LogP contribution >= 0.6 is 0 Å². The van der Waals surface area contributed by atoms with Gasteiger partial charge in [-0.2, -0.15) is 0 Å². The third-order valence-corrected chi connectivity index (χ3v) is 4.08. The van der Waals surface area contributed by atoms with Crippen molar-refractivity contribution in [3.63, 3.8) is 0 Å². The smallest absolute Gasteiger partial charge is 0.239 e. The van der Waals surface area contributed by atoms with Crippen LogP contribution in [0.3, 0.4) is 0 Å². The van der Waals surface area contributed by atoms with Crippen molar-refractivity contribution in [2.24, 2.45) is 5.41 Å². The van der Waals surface area contributed by atoms with E-state index in [1.807, 2.05) is 60.4 Å². The quantitative estimate of drug-likeness (QED) is 0.606. The fraction of sp³-hybridized carbons (Fsp3) is 0.167. The molecular weight excluding hydrogens is 246 g/mol. The summed E-state index contributed by atoms with van der Waals surface area (Å²) in [5, 5.41) is 0. The topological polar surface area (TPSA) is 20.3 Å². The summed E-state index contributed by atoms with van der Waals surface area (Å²) in [4.78, 5) is 14.4. The van der Waals surface area contributed by atoms with E-state index in [1.165, 1.54) is 0 Å². The first-order chi connectivity index (χ1) is 9.68. The van der Waals surface area contributed by atoms with E-state index in [4.69, 9.17) is 0 Å². The minimum Gasteiger partial charge on any atom is -0.303 e. The van der Waals surface area contributed by atoms with Crippen molar-refractivity contribution in [3.8, 4) is 0 Å². The van der Waals surface area contributed by atoms with E-state index in [1.54, 1.807) is 6.08 Å². The minimum absolute atomic E-state index is 0.0103. The standard InChI is InChI=1S/C18H17NO/c1-3-18(2)16(14-10-6-4-7-11-14)19(17(18)20)15-12-8-5-9-13-15/h3-13,16H,1H2,2H3/t16-,18+/m0/s1. The van der Waals surface area contributed by atoms with Crippen molar-refractivity contribution in [1.29, 1.82) is 0 Å². The highest BCUT2D eigenvalue weighted by atomic mass is 16.2. The van der Waals surface area contributed by atoms with Gasteiger partial charge in [0.25, 0.3) is 0 Å². The van der Waals surface area contributed by atoms with Crippen LogP contribution in [0.4, 0.5) is 5.69 Å². The number of nitrogens with zero attached hydrogens (tertiary/aromatic N) is 1.